The van der Waals surface area contributed by atoms with Crippen molar-refractivity contribution in [3.63, 3.8) is 0 Å². The molecule has 0 atom stereocenters. The van der Waals surface area contributed by atoms with Crippen molar-refractivity contribution in [2.75, 3.05) is 11.5 Å². The highest BCUT2D eigenvalue weighted by molar-refractivity contribution is 6.12. The van der Waals surface area contributed by atoms with E-state index < -0.39 is 0 Å². The summed E-state index contributed by atoms with van der Waals surface area (Å²) in [4.78, 5) is 7.95. The van der Waals surface area contributed by atoms with Crippen molar-refractivity contribution in [1.82, 2.24) is 9.97 Å². The van der Waals surface area contributed by atoms with Gasteiger partial charge in [0.05, 0.1) is 11.8 Å². The van der Waals surface area contributed by atoms with Gasteiger partial charge >= 0.3 is 0 Å². The lowest BCUT2D eigenvalue weighted by atomic mass is 10.1. The Morgan fingerprint density at radius 2 is 2.04 bits per heavy atom. The first-order valence-corrected chi connectivity index (χ1v) is 8.09. The van der Waals surface area contributed by atoms with Crippen LogP contribution in [0.15, 0.2) is 47.5 Å². The minimum atomic E-state index is 0.178. The van der Waals surface area contributed by atoms with E-state index in [9.17, 15) is 0 Å². The van der Waals surface area contributed by atoms with Gasteiger partial charge < -0.3 is 15.9 Å². The summed E-state index contributed by atoms with van der Waals surface area (Å²) in [7, 11) is 0. The number of aryl methyl sites for hydroxylation is 2. The fourth-order valence-corrected chi connectivity index (χ4v) is 2.75. The average molecular weight is 346 g/mol. The molecule has 1 aliphatic rings. The van der Waals surface area contributed by atoms with Crippen LogP contribution >= 0.6 is 0 Å². The van der Waals surface area contributed by atoms with Crippen LogP contribution in [0.1, 0.15) is 34.6 Å². The Morgan fingerprint density at radius 1 is 1.19 bits per heavy atom. The molecule has 4 rings (SSSR count). The normalized spacial score (nSPS) is 11.8. The third-order valence-corrected chi connectivity index (χ3v) is 4.07. The average Bonchev–Trinajstić information content (AvgIpc) is 3.34. The molecule has 1 aromatic carbocycles. The summed E-state index contributed by atoms with van der Waals surface area (Å²) in [5.41, 5.74) is 16.3. The van der Waals surface area contributed by atoms with Crippen molar-refractivity contribution < 1.29 is 4.42 Å². The van der Waals surface area contributed by atoms with E-state index in [4.69, 9.17) is 26.6 Å². The minimum Gasteiger partial charge on any atom is -0.442 e. The van der Waals surface area contributed by atoms with Gasteiger partial charge in [0.2, 0.25) is 0 Å². The van der Waals surface area contributed by atoms with Gasteiger partial charge in [-0.3, -0.25) is 10.4 Å². The molecule has 0 spiro atoms. The van der Waals surface area contributed by atoms with Crippen molar-refractivity contribution in [3.8, 4) is 6.07 Å². The third-order valence-electron chi connectivity index (χ3n) is 4.07. The van der Waals surface area contributed by atoms with Crippen LogP contribution in [-0.4, -0.2) is 15.7 Å². The number of nitrogens with two attached hydrogens (primary N) is 2. The lowest BCUT2D eigenvalue weighted by Gasteiger charge is -2.05. The smallest absolute Gasteiger partial charge is 0.181 e. The van der Waals surface area contributed by atoms with Gasteiger partial charge in [0.1, 0.15) is 11.8 Å². The highest BCUT2D eigenvalue weighted by Crippen LogP contribution is 2.20. The number of rotatable bonds is 2. The molecule has 2 aromatic heterocycles. The number of anilines is 2. The Labute approximate surface area is 150 Å². The number of nitrogens with one attached hydrogen (secondary N) is 1. The van der Waals surface area contributed by atoms with Crippen LogP contribution in [0.4, 0.5) is 11.4 Å². The molecule has 2 heterocycles. The predicted octanol–water partition coefficient (Wildman–Crippen LogP) is 2.70. The van der Waals surface area contributed by atoms with E-state index in [0.29, 0.717) is 28.3 Å². The Bertz CT molecular complexity index is 972. The lowest BCUT2D eigenvalue weighted by Crippen LogP contribution is -2.05. The molecule has 3 aromatic rings. The first-order valence-electron chi connectivity index (χ1n) is 8.09. The maximum Gasteiger partial charge on any atom is 0.181 e. The number of hydrogen-bond acceptors (Lipinski definition) is 7. The highest BCUT2D eigenvalue weighted by atomic mass is 16.3. The number of nitrogens with zero attached hydrogens (tertiary/aromatic N) is 3. The maximum absolute atomic E-state index is 8.58. The van der Waals surface area contributed by atoms with Crippen LogP contribution in [0.2, 0.25) is 0 Å². The van der Waals surface area contributed by atoms with E-state index in [-0.39, 0.29) is 5.71 Å². The van der Waals surface area contributed by atoms with Gasteiger partial charge in [-0.05, 0) is 49.1 Å². The van der Waals surface area contributed by atoms with Gasteiger partial charge in [0.15, 0.2) is 12.2 Å². The third kappa shape index (κ3) is 3.70. The van der Waals surface area contributed by atoms with E-state index in [1.807, 2.05) is 6.07 Å². The number of benzene rings is 1. The molecule has 1 aliphatic carbocycles. The summed E-state index contributed by atoms with van der Waals surface area (Å²) in [6.45, 7) is 0. The molecule has 0 fully saturated rings. The van der Waals surface area contributed by atoms with E-state index in [2.05, 4.69) is 16.0 Å². The molecule has 0 amide bonds. The Kier molecular flexibility index (Phi) is 4.94. The fraction of sp³-hybridized carbons (Fsp3) is 0.158. The monoisotopic (exact) mass is 346 g/mol. The van der Waals surface area contributed by atoms with Crippen molar-refractivity contribution >= 4 is 17.1 Å². The second-order valence-corrected chi connectivity index (χ2v) is 5.88. The molecule has 0 bridgehead atoms. The highest BCUT2D eigenvalue weighted by Gasteiger charge is 2.12. The standard InChI is InChI=1S/C10H10N4O.C9H8N2/c11-6-1-2-8(12)7(3-6)10(13)9-4-14-5-15-9;10-5-7-4-8-2-1-3-9(8)11-6-7/h1-5,13H,11-12H2;4,6H,1-3H2. The summed E-state index contributed by atoms with van der Waals surface area (Å²) >= 11 is 0. The van der Waals surface area contributed by atoms with Crippen LogP contribution < -0.4 is 11.5 Å². The fourth-order valence-electron chi connectivity index (χ4n) is 2.75. The molecule has 0 radical (unpaired) electrons. The zero-order chi connectivity index (χ0) is 18.5. The summed E-state index contributed by atoms with van der Waals surface area (Å²) < 4.78 is 5.01. The summed E-state index contributed by atoms with van der Waals surface area (Å²) in [6, 6.07) is 9.04. The minimum absolute atomic E-state index is 0.178. The van der Waals surface area contributed by atoms with Gasteiger partial charge in [-0.15, -0.1) is 0 Å². The molecule has 0 aliphatic heterocycles. The zero-order valence-electron chi connectivity index (χ0n) is 14.1. The number of oxazole rings is 1. The van der Waals surface area contributed by atoms with Crippen LogP contribution in [0, 0.1) is 16.7 Å². The van der Waals surface area contributed by atoms with E-state index in [1.165, 1.54) is 30.3 Å². The SMILES string of the molecule is N#Cc1cnc2c(c1)CCC2.N=C(c1cnco1)c1cc(N)ccc1N. The van der Waals surface area contributed by atoms with E-state index in [0.717, 1.165) is 12.8 Å². The first-order chi connectivity index (χ1) is 12.6. The predicted molar refractivity (Wildman–Crippen MR) is 98.7 cm³/mol. The number of fused-ring (bicyclic) bond motifs is 1. The van der Waals surface area contributed by atoms with Gasteiger partial charge in [0, 0.05) is 28.8 Å². The summed E-state index contributed by atoms with van der Waals surface area (Å²) in [5.74, 6) is 0.368. The molecule has 0 saturated heterocycles. The second-order valence-electron chi connectivity index (χ2n) is 5.88. The number of nitriles is 1. The topological polar surface area (TPSA) is 139 Å². The Morgan fingerprint density at radius 3 is 2.77 bits per heavy atom. The van der Waals surface area contributed by atoms with Crippen molar-refractivity contribution in [1.29, 1.82) is 10.7 Å². The molecule has 0 saturated carbocycles. The van der Waals surface area contributed by atoms with Gasteiger partial charge in [-0.1, -0.05) is 0 Å². The lowest BCUT2D eigenvalue weighted by molar-refractivity contribution is 0.548. The molecule has 26 heavy (non-hydrogen) atoms. The van der Waals surface area contributed by atoms with Crippen LogP contribution in [0.25, 0.3) is 0 Å². The van der Waals surface area contributed by atoms with Gasteiger partial charge in [-0.2, -0.15) is 5.26 Å². The maximum atomic E-state index is 8.58. The van der Waals surface area contributed by atoms with Crippen molar-refractivity contribution in [2.45, 2.75) is 19.3 Å². The molecule has 7 nitrogen and oxygen atoms in total. The largest absolute Gasteiger partial charge is 0.442 e. The molecular formula is C19H18N6O. The van der Waals surface area contributed by atoms with Crippen molar-refractivity contribution in [3.05, 3.63) is 71.2 Å². The Balaban J connectivity index is 0.000000158. The molecule has 7 heteroatoms. The molecule has 0 unspecified atom stereocenters. The quantitative estimate of drug-likeness (QED) is 0.481. The molecular weight excluding hydrogens is 328 g/mol. The number of nitrogen functional groups attached to an aromatic ring is 2. The van der Waals surface area contributed by atoms with Crippen molar-refractivity contribution in [2.24, 2.45) is 0 Å². The number of pyridine rings is 1. The molecule has 5 N–H and O–H groups in total. The first kappa shape index (κ1) is 17.2. The summed E-state index contributed by atoms with van der Waals surface area (Å²) in [5, 5.41) is 16.4. The van der Waals surface area contributed by atoms with Gasteiger partial charge in [0.25, 0.3) is 0 Å². The van der Waals surface area contributed by atoms with Gasteiger partial charge in [-0.25, -0.2) is 4.98 Å². The zero-order valence-corrected chi connectivity index (χ0v) is 14.1. The number of hydrogen-bond donors (Lipinski definition) is 3. The van der Waals surface area contributed by atoms with E-state index >= 15 is 0 Å². The summed E-state index contributed by atoms with van der Waals surface area (Å²) in [6.07, 6.45) is 7.76. The second kappa shape index (κ2) is 7.49. The van der Waals surface area contributed by atoms with E-state index in [1.54, 1.807) is 24.4 Å². The van der Waals surface area contributed by atoms with Crippen LogP contribution in [0.5, 0.6) is 0 Å². The Hall–Kier alpha value is -3.66. The number of aromatic nitrogens is 2. The van der Waals surface area contributed by atoms with Crippen LogP contribution in [-0.2, 0) is 12.8 Å². The molecule has 130 valence electrons. The van der Waals surface area contributed by atoms with Crippen LogP contribution in [0.3, 0.4) is 0 Å².